The topological polar surface area (TPSA) is 62.2 Å². The van der Waals surface area contributed by atoms with Crippen molar-refractivity contribution in [2.24, 2.45) is 0 Å². The maximum absolute atomic E-state index is 11.6. The van der Waals surface area contributed by atoms with Gasteiger partial charge in [0.1, 0.15) is 5.82 Å². The van der Waals surface area contributed by atoms with E-state index in [9.17, 15) is 4.79 Å². The number of nitrogens with one attached hydrogen (secondary N) is 1. The number of aliphatic hydroxyl groups is 1. The minimum atomic E-state index is -0.0126. The molecular formula is C15H20N2O2. The van der Waals surface area contributed by atoms with Crippen molar-refractivity contribution in [3.05, 3.63) is 23.9 Å². The van der Waals surface area contributed by atoms with E-state index in [0.29, 0.717) is 18.7 Å². The number of unbranched alkanes of at least 4 members (excludes halogenated alkanes) is 2. The molecule has 2 N–H and O–H groups in total. The van der Waals surface area contributed by atoms with Crippen LogP contribution < -0.4 is 5.32 Å². The number of nitrogens with zero attached hydrogens (tertiary/aromatic N) is 1. The van der Waals surface area contributed by atoms with Gasteiger partial charge in [0.25, 0.3) is 0 Å². The van der Waals surface area contributed by atoms with Crippen LogP contribution in [0.3, 0.4) is 0 Å². The van der Waals surface area contributed by atoms with Gasteiger partial charge >= 0.3 is 0 Å². The summed E-state index contributed by atoms with van der Waals surface area (Å²) in [6.45, 7) is 2.16. The molecule has 0 atom stereocenters. The average Bonchev–Trinajstić information content (AvgIpc) is 2.40. The Morgan fingerprint density at radius 2 is 2.32 bits per heavy atom. The van der Waals surface area contributed by atoms with Crippen molar-refractivity contribution in [2.45, 2.75) is 39.0 Å². The molecule has 0 spiro atoms. The van der Waals surface area contributed by atoms with Crippen molar-refractivity contribution in [1.82, 2.24) is 4.98 Å². The molecule has 0 saturated carbocycles. The normalized spacial score (nSPS) is 9.58. The lowest BCUT2D eigenvalue weighted by atomic mass is 10.2. The Balaban J connectivity index is 2.52. The van der Waals surface area contributed by atoms with Crippen molar-refractivity contribution in [2.75, 3.05) is 11.9 Å². The standard InChI is InChI=1S/C15H20N2O2/c1-2-3-4-8-15(19)17-14-12-13(9-10-16-14)7-5-6-11-18/h9-10,12,18H,2-4,6,8,11H2,1H3,(H,16,17,19). The number of aromatic nitrogens is 1. The lowest BCUT2D eigenvalue weighted by Gasteiger charge is -2.04. The van der Waals surface area contributed by atoms with E-state index in [2.05, 4.69) is 29.1 Å². The Bertz CT molecular complexity index is 461. The van der Waals surface area contributed by atoms with E-state index in [-0.39, 0.29) is 12.5 Å². The minimum Gasteiger partial charge on any atom is -0.395 e. The molecule has 1 rings (SSSR count). The van der Waals surface area contributed by atoms with Crippen molar-refractivity contribution >= 4 is 11.7 Å². The highest BCUT2D eigenvalue weighted by atomic mass is 16.2. The van der Waals surface area contributed by atoms with Gasteiger partial charge in [-0.1, -0.05) is 31.6 Å². The Morgan fingerprint density at radius 3 is 3.05 bits per heavy atom. The van der Waals surface area contributed by atoms with Crippen LogP contribution in [-0.2, 0) is 4.79 Å². The Kier molecular flexibility index (Phi) is 7.30. The first kappa shape index (κ1) is 15.2. The van der Waals surface area contributed by atoms with E-state index in [0.717, 1.165) is 24.8 Å². The first-order valence-electron chi connectivity index (χ1n) is 6.62. The molecule has 4 nitrogen and oxygen atoms in total. The largest absolute Gasteiger partial charge is 0.395 e. The predicted octanol–water partition coefficient (Wildman–Crippen LogP) is 2.33. The summed E-state index contributed by atoms with van der Waals surface area (Å²) in [6, 6.07) is 3.51. The number of hydrogen-bond donors (Lipinski definition) is 2. The second kappa shape index (κ2) is 9.12. The number of hydrogen-bond acceptors (Lipinski definition) is 3. The van der Waals surface area contributed by atoms with Gasteiger partial charge in [-0.2, -0.15) is 0 Å². The van der Waals surface area contributed by atoms with Crippen molar-refractivity contribution in [3.63, 3.8) is 0 Å². The third-order valence-electron chi connectivity index (χ3n) is 2.50. The molecule has 0 aliphatic heterocycles. The van der Waals surface area contributed by atoms with Gasteiger partial charge < -0.3 is 10.4 Å². The summed E-state index contributed by atoms with van der Waals surface area (Å²) >= 11 is 0. The van der Waals surface area contributed by atoms with Crippen LogP contribution >= 0.6 is 0 Å². The van der Waals surface area contributed by atoms with Gasteiger partial charge in [-0.25, -0.2) is 4.98 Å². The van der Waals surface area contributed by atoms with Crippen LogP contribution in [0.2, 0.25) is 0 Å². The molecule has 0 aromatic carbocycles. The molecular weight excluding hydrogens is 240 g/mol. The van der Waals surface area contributed by atoms with Crippen LogP contribution in [0.4, 0.5) is 5.82 Å². The smallest absolute Gasteiger partial charge is 0.225 e. The van der Waals surface area contributed by atoms with Crippen LogP contribution in [0.25, 0.3) is 0 Å². The molecule has 0 aliphatic carbocycles. The summed E-state index contributed by atoms with van der Waals surface area (Å²) in [5, 5.41) is 11.4. The Morgan fingerprint density at radius 1 is 1.47 bits per heavy atom. The van der Waals surface area contributed by atoms with Gasteiger partial charge in [0.05, 0.1) is 6.61 Å². The zero-order chi connectivity index (χ0) is 13.9. The maximum Gasteiger partial charge on any atom is 0.225 e. The number of amides is 1. The lowest BCUT2D eigenvalue weighted by Crippen LogP contribution is -2.12. The van der Waals surface area contributed by atoms with Crippen LogP contribution in [0.15, 0.2) is 18.3 Å². The zero-order valence-electron chi connectivity index (χ0n) is 11.3. The van der Waals surface area contributed by atoms with Crippen LogP contribution in [0.1, 0.15) is 44.6 Å². The van der Waals surface area contributed by atoms with Crippen LogP contribution in [-0.4, -0.2) is 22.6 Å². The van der Waals surface area contributed by atoms with Crippen molar-refractivity contribution in [3.8, 4) is 11.8 Å². The summed E-state index contributed by atoms with van der Waals surface area (Å²) in [5.41, 5.74) is 0.785. The molecule has 1 heterocycles. The first-order chi connectivity index (χ1) is 9.26. The highest BCUT2D eigenvalue weighted by Crippen LogP contribution is 2.07. The van der Waals surface area contributed by atoms with Crippen molar-refractivity contribution in [1.29, 1.82) is 0 Å². The molecule has 0 radical (unpaired) electrons. The van der Waals surface area contributed by atoms with Gasteiger partial charge in [-0.15, -0.1) is 0 Å². The zero-order valence-corrected chi connectivity index (χ0v) is 11.3. The highest BCUT2D eigenvalue weighted by Gasteiger charge is 2.02. The second-order valence-electron chi connectivity index (χ2n) is 4.21. The molecule has 1 aromatic heterocycles. The summed E-state index contributed by atoms with van der Waals surface area (Å²) < 4.78 is 0. The van der Waals surface area contributed by atoms with E-state index in [1.165, 1.54) is 0 Å². The third kappa shape index (κ3) is 6.58. The quantitative estimate of drug-likeness (QED) is 0.609. The van der Waals surface area contributed by atoms with Gasteiger partial charge in [0.2, 0.25) is 5.91 Å². The van der Waals surface area contributed by atoms with E-state index in [4.69, 9.17) is 5.11 Å². The molecule has 102 valence electrons. The van der Waals surface area contributed by atoms with Gasteiger partial charge in [0, 0.05) is 24.6 Å². The first-order valence-corrected chi connectivity index (χ1v) is 6.62. The van der Waals surface area contributed by atoms with E-state index >= 15 is 0 Å². The van der Waals surface area contributed by atoms with E-state index < -0.39 is 0 Å². The molecule has 0 fully saturated rings. The lowest BCUT2D eigenvalue weighted by molar-refractivity contribution is -0.116. The Labute approximate surface area is 114 Å². The second-order valence-corrected chi connectivity index (χ2v) is 4.21. The molecule has 0 unspecified atom stereocenters. The van der Waals surface area contributed by atoms with Gasteiger partial charge in [-0.05, 0) is 18.6 Å². The van der Waals surface area contributed by atoms with Crippen LogP contribution in [0, 0.1) is 11.8 Å². The average molecular weight is 260 g/mol. The fourth-order valence-corrected chi connectivity index (χ4v) is 1.54. The number of rotatable bonds is 6. The Hall–Kier alpha value is -1.86. The fraction of sp³-hybridized carbons (Fsp3) is 0.467. The molecule has 0 bridgehead atoms. The van der Waals surface area contributed by atoms with Gasteiger partial charge in [-0.3, -0.25) is 4.79 Å². The summed E-state index contributed by atoms with van der Waals surface area (Å²) in [4.78, 5) is 15.7. The van der Waals surface area contributed by atoms with Gasteiger partial charge in [0.15, 0.2) is 0 Å². The van der Waals surface area contributed by atoms with E-state index in [1.807, 2.05) is 0 Å². The highest BCUT2D eigenvalue weighted by molar-refractivity contribution is 5.89. The van der Waals surface area contributed by atoms with E-state index in [1.54, 1.807) is 18.3 Å². The molecule has 1 amide bonds. The SMILES string of the molecule is CCCCCC(=O)Nc1cc(C#CCCO)ccn1. The number of pyridine rings is 1. The number of aliphatic hydroxyl groups excluding tert-OH is 1. The molecule has 4 heteroatoms. The summed E-state index contributed by atoms with van der Waals surface area (Å²) in [5.74, 6) is 6.26. The monoisotopic (exact) mass is 260 g/mol. The maximum atomic E-state index is 11.6. The summed E-state index contributed by atoms with van der Waals surface area (Å²) in [6.07, 6.45) is 5.65. The van der Waals surface area contributed by atoms with Crippen LogP contribution in [0.5, 0.6) is 0 Å². The number of anilines is 1. The summed E-state index contributed by atoms with van der Waals surface area (Å²) in [7, 11) is 0. The number of carbonyl (C=O) groups excluding carboxylic acids is 1. The molecule has 0 aliphatic rings. The fourth-order valence-electron chi connectivity index (χ4n) is 1.54. The third-order valence-corrected chi connectivity index (χ3v) is 2.50. The molecule has 1 aromatic rings. The molecule has 0 saturated heterocycles. The predicted molar refractivity (Wildman–Crippen MR) is 75.6 cm³/mol. The van der Waals surface area contributed by atoms with Crippen molar-refractivity contribution < 1.29 is 9.90 Å². The molecule has 19 heavy (non-hydrogen) atoms. The minimum absolute atomic E-state index is 0.0126. The number of carbonyl (C=O) groups is 1.